The van der Waals surface area contributed by atoms with E-state index in [0.29, 0.717) is 17.8 Å². The van der Waals surface area contributed by atoms with Gasteiger partial charge < -0.3 is 10.6 Å². The van der Waals surface area contributed by atoms with Crippen LogP contribution in [0.15, 0.2) is 35.7 Å². The summed E-state index contributed by atoms with van der Waals surface area (Å²) in [4.78, 5) is 13.5. The summed E-state index contributed by atoms with van der Waals surface area (Å²) in [5.41, 5.74) is 1.05. The highest BCUT2D eigenvalue weighted by Gasteiger charge is 2.26. The van der Waals surface area contributed by atoms with Gasteiger partial charge in [0, 0.05) is 53.0 Å². The topological polar surface area (TPSA) is 84.2 Å². The van der Waals surface area contributed by atoms with Crippen molar-refractivity contribution in [2.24, 2.45) is 4.99 Å². The molecule has 1 aliphatic rings. The first kappa shape index (κ1) is 21.5. The Labute approximate surface area is 175 Å². The zero-order valence-electron chi connectivity index (χ0n) is 17.6. The van der Waals surface area contributed by atoms with E-state index >= 15 is 0 Å². The molecule has 1 fully saturated rings. The third-order valence-electron chi connectivity index (χ3n) is 5.27. The van der Waals surface area contributed by atoms with Gasteiger partial charge in [-0.3, -0.25) is 8.78 Å². The summed E-state index contributed by atoms with van der Waals surface area (Å²) < 4.78 is 14.2. The second-order valence-electron chi connectivity index (χ2n) is 7.36. The first-order valence-corrected chi connectivity index (χ1v) is 11.9. The quantitative estimate of drug-likeness (QED) is 0.536. The number of guanidine groups is 1. The van der Waals surface area contributed by atoms with E-state index < -0.39 is 10.8 Å². The van der Waals surface area contributed by atoms with Crippen LogP contribution in [-0.4, -0.2) is 48.3 Å². The number of hydrogen-bond donors (Lipinski definition) is 2. The van der Waals surface area contributed by atoms with Crippen LogP contribution in [0, 0.1) is 6.92 Å². The minimum atomic E-state index is -0.718. The lowest BCUT2D eigenvalue weighted by Crippen LogP contribution is -2.46. The Morgan fingerprint density at radius 3 is 2.83 bits per heavy atom. The predicted octanol–water partition coefficient (Wildman–Crippen LogP) is 2.71. The van der Waals surface area contributed by atoms with Gasteiger partial charge in [0.1, 0.15) is 11.6 Å². The fourth-order valence-corrected chi connectivity index (χ4v) is 5.05. The van der Waals surface area contributed by atoms with E-state index in [1.54, 1.807) is 6.20 Å². The SMILES string of the molecule is CCNC(=NCc1ccc(-n2ccnc2C)nc1)NC1CCCC(S(=O)CC)C1. The van der Waals surface area contributed by atoms with Crippen LogP contribution in [-0.2, 0) is 17.3 Å². The fraction of sp³-hybridized carbons (Fsp3) is 0.571. The number of nitrogens with one attached hydrogen (secondary N) is 2. The van der Waals surface area contributed by atoms with E-state index in [2.05, 4.69) is 33.6 Å². The van der Waals surface area contributed by atoms with Gasteiger partial charge in [0.25, 0.3) is 0 Å². The lowest BCUT2D eigenvalue weighted by molar-refractivity contribution is 0.413. The van der Waals surface area contributed by atoms with Crippen molar-refractivity contribution >= 4 is 16.8 Å². The standard InChI is InChI=1S/C21H32N6OS/c1-4-22-21(26-18-7-6-8-19(13-18)29(28)5-2)25-15-17-9-10-20(24-14-17)27-12-11-23-16(27)3/h9-12,14,18-19H,4-8,13,15H2,1-3H3,(H2,22,25,26). The molecular weight excluding hydrogens is 384 g/mol. The molecule has 0 amide bonds. The zero-order valence-corrected chi connectivity index (χ0v) is 18.4. The highest BCUT2D eigenvalue weighted by molar-refractivity contribution is 7.85. The number of aliphatic imine (C=N–C) groups is 1. The van der Waals surface area contributed by atoms with Gasteiger partial charge in [0.05, 0.1) is 6.54 Å². The molecule has 0 saturated heterocycles. The highest BCUT2D eigenvalue weighted by Crippen LogP contribution is 2.23. The Hall–Kier alpha value is -2.22. The van der Waals surface area contributed by atoms with Crippen molar-refractivity contribution in [2.75, 3.05) is 12.3 Å². The maximum atomic E-state index is 12.2. The van der Waals surface area contributed by atoms with Gasteiger partial charge in [-0.05, 0) is 44.7 Å². The first-order chi connectivity index (χ1) is 14.1. The van der Waals surface area contributed by atoms with Crippen LogP contribution in [0.5, 0.6) is 0 Å². The Morgan fingerprint density at radius 2 is 2.17 bits per heavy atom. The minimum Gasteiger partial charge on any atom is -0.357 e. The van der Waals surface area contributed by atoms with E-state index in [4.69, 9.17) is 4.99 Å². The molecule has 3 atom stereocenters. The van der Waals surface area contributed by atoms with Crippen molar-refractivity contribution in [3.63, 3.8) is 0 Å². The van der Waals surface area contributed by atoms with Crippen LogP contribution in [0.1, 0.15) is 50.9 Å². The average Bonchev–Trinajstić information content (AvgIpc) is 3.18. The van der Waals surface area contributed by atoms with Gasteiger partial charge in [-0.1, -0.05) is 19.4 Å². The van der Waals surface area contributed by atoms with E-state index in [-0.39, 0.29) is 0 Å². The summed E-state index contributed by atoms with van der Waals surface area (Å²) >= 11 is 0. The fourth-order valence-electron chi connectivity index (χ4n) is 3.71. The largest absolute Gasteiger partial charge is 0.357 e. The maximum Gasteiger partial charge on any atom is 0.191 e. The smallest absolute Gasteiger partial charge is 0.191 e. The van der Waals surface area contributed by atoms with Crippen LogP contribution >= 0.6 is 0 Å². The van der Waals surface area contributed by atoms with Crippen LogP contribution in [0.25, 0.3) is 5.82 Å². The van der Waals surface area contributed by atoms with Gasteiger partial charge in [0.15, 0.2) is 5.96 Å². The van der Waals surface area contributed by atoms with E-state index in [0.717, 1.165) is 61.1 Å². The molecule has 158 valence electrons. The lowest BCUT2D eigenvalue weighted by atomic mass is 9.95. The van der Waals surface area contributed by atoms with Gasteiger partial charge in [0.2, 0.25) is 0 Å². The monoisotopic (exact) mass is 416 g/mol. The molecule has 8 heteroatoms. The number of pyridine rings is 1. The van der Waals surface area contributed by atoms with Crippen molar-refractivity contribution < 1.29 is 4.21 Å². The molecule has 0 spiro atoms. The molecule has 0 aromatic carbocycles. The van der Waals surface area contributed by atoms with Gasteiger partial charge in [-0.15, -0.1) is 0 Å². The molecule has 3 unspecified atom stereocenters. The molecule has 0 radical (unpaired) electrons. The van der Waals surface area contributed by atoms with E-state index in [9.17, 15) is 4.21 Å². The van der Waals surface area contributed by atoms with Crippen LogP contribution < -0.4 is 10.6 Å². The van der Waals surface area contributed by atoms with Crippen LogP contribution in [0.3, 0.4) is 0 Å². The second kappa shape index (κ2) is 10.5. The lowest BCUT2D eigenvalue weighted by Gasteiger charge is -2.30. The Kier molecular flexibility index (Phi) is 7.80. The molecule has 1 saturated carbocycles. The summed E-state index contributed by atoms with van der Waals surface area (Å²) in [6.07, 6.45) is 9.78. The normalized spacial score (nSPS) is 21.0. The molecule has 7 nitrogen and oxygen atoms in total. The van der Waals surface area contributed by atoms with Gasteiger partial charge in [-0.2, -0.15) is 0 Å². The molecule has 2 N–H and O–H groups in total. The zero-order chi connectivity index (χ0) is 20.6. The van der Waals surface area contributed by atoms with Crippen molar-refractivity contribution in [2.45, 2.75) is 64.3 Å². The van der Waals surface area contributed by atoms with Gasteiger partial charge >= 0.3 is 0 Å². The van der Waals surface area contributed by atoms with E-state index in [1.165, 1.54) is 0 Å². The molecule has 2 aromatic rings. The summed E-state index contributed by atoms with van der Waals surface area (Å²) in [6, 6.07) is 4.37. The third-order valence-corrected chi connectivity index (χ3v) is 7.01. The molecule has 29 heavy (non-hydrogen) atoms. The summed E-state index contributed by atoms with van der Waals surface area (Å²) in [5, 5.41) is 7.18. The minimum absolute atomic E-state index is 0.303. The summed E-state index contributed by atoms with van der Waals surface area (Å²) in [7, 11) is -0.718. The van der Waals surface area contributed by atoms with Crippen LogP contribution in [0.4, 0.5) is 0 Å². The number of rotatable bonds is 7. The average molecular weight is 417 g/mol. The Bertz CT molecular complexity index is 832. The summed E-state index contributed by atoms with van der Waals surface area (Å²) in [6.45, 7) is 7.39. The first-order valence-electron chi connectivity index (χ1n) is 10.5. The second-order valence-corrected chi connectivity index (χ2v) is 9.37. The highest BCUT2D eigenvalue weighted by atomic mass is 32.2. The molecule has 1 aliphatic carbocycles. The number of hydrogen-bond acceptors (Lipinski definition) is 4. The number of aryl methyl sites for hydroxylation is 1. The maximum absolute atomic E-state index is 12.2. The molecular formula is C21H32N6OS. The predicted molar refractivity (Wildman–Crippen MR) is 119 cm³/mol. The van der Waals surface area contributed by atoms with E-state index in [1.807, 2.05) is 36.9 Å². The Balaban J connectivity index is 1.61. The third kappa shape index (κ3) is 5.88. The molecule has 2 aromatic heterocycles. The number of imidazole rings is 1. The molecule has 0 bridgehead atoms. The summed E-state index contributed by atoms with van der Waals surface area (Å²) in [5.74, 6) is 3.33. The van der Waals surface area contributed by atoms with Crippen molar-refractivity contribution in [3.05, 3.63) is 42.1 Å². The van der Waals surface area contributed by atoms with Crippen molar-refractivity contribution in [1.29, 1.82) is 0 Å². The van der Waals surface area contributed by atoms with Crippen molar-refractivity contribution in [3.8, 4) is 5.82 Å². The van der Waals surface area contributed by atoms with Gasteiger partial charge in [-0.25, -0.2) is 15.0 Å². The van der Waals surface area contributed by atoms with Crippen LogP contribution in [0.2, 0.25) is 0 Å². The number of aromatic nitrogens is 3. The molecule has 2 heterocycles. The van der Waals surface area contributed by atoms with Crippen molar-refractivity contribution in [1.82, 2.24) is 25.2 Å². The molecule has 0 aliphatic heterocycles. The number of nitrogens with zero attached hydrogens (tertiary/aromatic N) is 4. The Morgan fingerprint density at radius 1 is 1.31 bits per heavy atom. The molecule has 3 rings (SSSR count).